The van der Waals surface area contributed by atoms with Gasteiger partial charge >= 0.3 is 0 Å². The molecule has 0 saturated carbocycles. The molecule has 7 nitrogen and oxygen atoms in total. The van der Waals surface area contributed by atoms with Crippen LogP contribution in [0.3, 0.4) is 0 Å². The molecule has 150 valence electrons. The molecule has 29 heavy (non-hydrogen) atoms. The number of nitrogens with one attached hydrogen (secondary N) is 1. The average Bonchev–Trinajstić information content (AvgIpc) is 2.89. The van der Waals surface area contributed by atoms with E-state index in [0.29, 0.717) is 0 Å². The van der Waals surface area contributed by atoms with Crippen molar-refractivity contribution in [2.24, 2.45) is 0 Å². The van der Waals surface area contributed by atoms with Gasteiger partial charge < -0.3 is 10.2 Å². The summed E-state index contributed by atoms with van der Waals surface area (Å²) in [5.41, 5.74) is 6.02. The zero-order valence-corrected chi connectivity index (χ0v) is 17.0. The van der Waals surface area contributed by atoms with Crippen molar-refractivity contribution >= 4 is 17.2 Å². The first-order valence-electron chi connectivity index (χ1n) is 9.84. The van der Waals surface area contributed by atoms with Crippen molar-refractivity contribution in [3.8, 4) is 16.9 Å². The molecule has 1 aliphatic heterocycles. The van der Waals surface area contributed by atoms with Crippen molar-refractivity contribution in [3.63, 3.8) is 0 Å². The van der Waals surface area contributed by atoms with Crippen LogP contribution in [0, 0.1) is 17.0 Å². The topological polar surface area (TPSA) is 76.2 Å². The summed E-state index contributed by atoms with van der Waals surface area (Å²) in [5, 5.41) is 19.8. The van der Waals surface area contributed by atoms with Gasteiger partial charge in [-0.05, 0) is 43.9 Å². The summed E-state index contributed by atoms with van der Waals surface area (Å²) in [4.78, 5) is 13.0. The molecule has 0 spiro atoms. The summed E-state index contributed by atoms with van der Waals surface area (Å²) in [6.07, 6.45) is 3.09. The van der Waals surface area contributed by atoms with Crippen LogP contribution in [-0.2, 0) is 6.42 Å². The minimum Gasteiger partial charge on any atom is -0.378 e. The minimum atomic E-state index is -0.361. The number of aryl methyl sites for hydroxylation is 1. The highest BCUT2D eigenvalue weighted by molar-refractivity contribution is 5.74. The fourth-order valence-corrected chi connectivity index (χ4v) is 3.78. The Kier molecular flexibility index (Phi) is 4.96. The van der Waals surface area contributed by atoms with Gasteiger partial charge in [0.1, 0.15) is 5.82 Å². The van der Waals surface area contributed by atoms with Gasteiger partial charge in [-0.3, -0.25) is 10.1 Å². The van der Waals surface area contributed by atoms with Gasteiger partial charge in [0, 0.05) is 49.6 Å². The van der Waals surface area contributed by atoms with Crippen LogP contribution >= 0.6 is 0 Å². The molecular weight excluding hydrogens is 366 g/mol. The maximum Gasteiger partial charge on any atom is 0.271 e. The second-order valence-electron chi connectivity index (χ2n) is 7.64. The molecule has 0 amide bonds. The largest absolute Gasteiger partial charge is 0.378 e. The first-order valence-corrected chi connectivity index (χ1v) is 9.84. The van der Waals surface area contributed by atoms with E-state index in [2.05, 4.69) is 28.4 Å². The predicted octanol–water partition coefficient (Wildman–Crippen LogP) is 4.57. The van der Waals surface area contributed by atoms with Crippen LogP contribution in [0.1, 0.15) is 24.0 Å². The number of nitro groups is 1. The third kappa shape index (κ3) is 3.55. The predicted molar refractivity (Wildman–Crippen MR) is 116 cm³/mol. The third-order valence-corrected chi connectivity index (χ3v) is 5.40. The van der Waals surface area contributed by atoms with Gasteiger partial charge in [0.25, 0.3) is 5.69 Å². The normalized spacial score (nSPS) is 13.3. The summed E-state index contributed by atoms with van der Waals surface area (Å²) >= 11 is 0. The lowest BCUT2D eigenvalue weighted by Crippen LogP contribution is -2.08. The van der Waals surface area contributed by atoms with Crippen molar-refractivity contribution in [3.05, 3.63) is 63.7 Å². The zero-order chi connectivity index (χ0) is 20.5. The standard InChI is InChI=1S/C22H25N5O2/c1-15-10-11-18(27(28)29)14-20(15)26-22-19(9-4-5-12-23-22)21(24-26)16-7-6-8-17(13-16)25(2)3/h6-8,10-11,13-14,23H,4-5,9,12H2,1-3H3. The summed E-state index contributed by atoms with van der Waals surface area (Å²) in [5.74, 6) is 0.941. The van der Waals surface area contributed by atoms with Crippen LogP contribution in [-0.4, -0.2) is 35.3 Å². The van der Waals surface area contributed by atoms with Crippen molar-refractivity contribution in [1.29, 1.82) is 0 Å². The Balaban J connectivity index is 1.92. The SMILES string of the molecule is Cc1ccc([N+](=O)[O-])cc1-n1nc(-c2cccc(N(C)C)c2)c2c1NCCCC2. The van der Waals surface area contributed by atoms with Crippen LogP contribution in [0.2, 0.25) is 0 Å². The average molecular weight is 391 g/mol. The highest BCUT2D eigenvalue weighted by Crippen LogP contribution is 2.36. The van der Waals surface area contributed by atoms with Crippen molar-refractivity contribution in [1.82, 2.24) is 9.78 Å². The van der Waals surface area contributed by atoms with Gasteiger partial charge in [-0.2, -0.15) is 5.10 Å². The molecule has 0 fully saturated rings. The summed E-state index contributed by atoms with van der Waals surface area (Å²) in [6.45, 7) is 2.82. The number of anilines is 2. The van der Waals surface area contributed by atoms with E-state index in [1.807, 2.05) is 31.8 Å². The fourth-order valence-electron chi connectivity index (χ4n) is 3.78. The van der Waals surface area contributed by atoms with Crippen molar-refractivity contribution < 1.29 is 4.92 Å². The number of rotatable bonds is 4. The molecule has 1 aromatic heterocycles. The lowest BCUT2D eigenvalue weighted by molar-refractivity contribution is -0.384. The Morgan fingerprint density at radius 1 is 1.17 bits per heavy atom. The fraction of sp³-hybridized carbons (Fsp3) is 0.318. The lowest BCUT2D eigenvalue weighted by atomic mass is 10.0. The summed E-state index contributed by atoms with van der Waals surface area (Å²) < 4.78 is 1.85. The molecule has 2 heterocycles. The Bertz CT molecular complexity index is 1070. The van der Waals surface area contributed by atoms with Gasteiger partial charge in [-0.15, -0.1) is 0 Å². The maximum atomic E-state index is 11.3. The highest BCUT2D eigenvalue weighted by Gasteiger charge is 2.23. The molecule has 4 rings (SSSR count). The Hall–Kier alpha value is -3.35. The second kappa shape index (κ2) is 7.58. The van der Waals surface area contributed by atoms with E-state index in [4.69, 9.17) is 5.10 Å². The molecular formula is C22H25N5O2. The van der Waals surface area contributed by atoms with E-state index in [1.54, 1.807) is 12.1 Å². The van der Waals surface area contributed by atoms with E-state index < -0.39 is 0 Å². The first-order chi connectivity index (χ1) is 14.0. The minimum absolute atomic E-state index is 0.0691. The molecule has 1 aliphatic rings. The van der Waals surface area contributed by atoms with Gasteiger partial charge in [0.05, 0.1) is 16.3 Å². The molecule has 0 aliphatic carbocycles. The highest BCUT2D eigenvalue weighted by atomic mass is 16.6. The molecule has 0 atom stereocenters. The molecule has 0 radical (unpaired) electrons. The number of hydrogen-bond donors (Lipinski definition) is 1. The van der Waals surface area contributed by atoms with Crippen LogP contribution in [0.5, 0.6) is 0 Å². The summed E-state index contributed by atoms with van der Waals surface area (Å²) in [7, 11) is 4.04. The lowest BCUT2D eigenvalue weighted by Gasteiger charge is -2.13. The van der Waals surface area contributed by atoms with E-state index in [-0.39, 0.29) is 10.6 Å². The third-order valence-electron chi connectivity index (χ3n) is 5.40. The number of benzene rings is 2. The number of fused-ring (bicyclic) bond motifs is 1. The molecule has 0 bridgehead atoms. The first kappa shape index (κ1) is 19.0. The Morgan fingerprint density at radius 3 is 2.76 bits per heavy atom. The van der Waals surface area contributed by atoms with Gasteiger partial charge in [-0.25, -0.2) is 4.68 Å². The number of aromatic nitrogens is 2. The van der Waals surface area contributed by atoms with Crippen LogP contribution in [0.25, 0.3) is 16.9 Å². The summed E-state index contributed by atoms with van der Waals surface area (Å²) in [6, 6.07) is 13.2. The number of non-ortho nitro benzene ring substituents is 1. The molecule has 2 aromatic carbocycles. The monoisotopic (exact) mass is 391 g/mol. The molecule has 3 aromatic rings. The molecule has 0 saturated heterocycles. The zero-order valence-electron chi connectivity index (χ0n) is 17.0. The molecule has 1 N–H and O–H groups in total. The Labute approximate surface area is 170 Å². The second-order valence-corrected chi connectivity index (χ2v) is 7.64. The van der Waals surface area contributed by atoms with Crippen LogP contribution < -0.4 is 10.2 Å². The van der Waals surface area contributed by atoms with Crippen molar-refractivity contribution in [2.75, 3.05) is 30.9 Å². The molecule has 7 heteroatoms. The van der Waals surface area contributed by atoms with E-state index >= 15 is 0 Å². The van der Waals surface area contributed by atoms with Crippen molar-refractivity contribution in [2.45, 2.75) is 26.2 Å². The number of nitro benzene ring substituents is 1. The smallest absolute Gasteiger partial charge is 0.271 e. The molecule has 0 unspecified atom stereocenters. The van der Waals surface area contributed by atoms with E-state index in [1.165, 1.54) is 11.6 Å². The van der Waals surface area contributed by atoms with Crippen LogP contribution in [0.15, 0.2) is 42.5 Å². The van der Waals surface area contributed by atoms with Gasteiger partial charge in [-0.1, -0.05) is 18.2 Å². The maximum absolute atomic E-state index is 11.3. The van der Waals surface area contributed by atoms with E-state index in [0.717, 1.165) is 59.8 Å². The quantitative estimate of drug-likeness (QED) is 0.521. The number of hydrogen-bond acceptors (Lipinski definition) is 5. The van der Waals surface area contributed by atoms with Gasteiger partial charge in [0.2, 0.25) is 0 Å². The van der Waals surface area contributed by atoms with E-state index in [9.17, 15) is 10.1 Å². The Morgan fingerprint density at radius 2 is 2.00 bits per heavy atom. The van der Waals surface area contributed by atoms with Gasteiger partial charge in [0.15, 0.2) is 0 Å². The number of nitrogens with zero attached hydrogens (tertiary/aromatic N) is 4. The van der Waals surface area contributed by atoms with Crippen LogP contribution in [0.4, 0.5) is 17.2 Å².